The molecule has 1 aliphatic heterocycles. The van der Waals surface area contributed by atoms with E-state index in [1.807, 2.05) is 46.8 Å². The molecule has 0 saturated carbocycles. The Morgan fingerprint density at radius 2 is 1.68 bits per heavy atom. The van der Waals surface area contributed by atoms with Gasteiger partial charge in [-0.15, -0.1) is 0 Å². The molecule has 7 heteroatoms. The second-order valence-corrected chi connectivity index (χ2v) is 7.54. The zero-order chi connectivity index (χ0) is 18.8. The van der Waals surface area contributed by atoms with E-state index in [0.717, 1.165) is 5.46 Å². The van der Waals surface area contributed by atoms with E-state index in [1.165, 1.54) is 0 Å². The molecule has 0 aromatic heterocycles. The van der Waals surface area contributed by atoms with Crippen molar-refractivity contribution >= 4 is 18.4 Å². The molecule has 2 rings (SSSR count). The first kappa shape index (κ1) is 19.6. The molecule has 0 unspecified atom stereocenters. The summed E-state index contributed by atoms with van der Waals surface area (Å²) in [5.41, 5.74) is 0.643. The number of nitrogens with zero attached hydrogens (tertiary/aromatic N) is 1. The molecule has 0 spiro atoms. The van der Waals surface area contributed by atoms with E-state index in [2.05, 4.69) is 0 Å². The fraction of sp³-hybridized carbons (Fsp3) is 0.611. The lowest BCUT2D eigenvalue weighted by molar-refractivity contribution is -0.481. The number of rotatable bonds is 7. The van der Waals surface area contributed by atoms with E-state index in [-0.39, 0.29) is 12.3 Å². The highest BCUT2D eigenvalue weighted by atomic mass is 16.7. The monoisotopic (exact) mass is 347 g/mol. The number of hydrogen-bond donors (Lipinski definition) is 0. The van der Waals surface area contributed by atoms with Gasteiger partial charge in [-0.1, -0.05) is 31.2 Å². The van der Waals surface area contributed by atoms with Crippen LogP contribution in [0.2, 0.25) is 0 Å². The van der Waals surface area contributed by atoms with E-state index in [1.54, 1.807) is 12.1 Å². The maximum absolute atomic E-state index is 12.2. The summed E-state index contributed by atoms with van der Waals surface area (Å²) in [4.78, 5) is 22.7. The molecule has 136 valence electrons. The number of carbonyl (C=O) groups excluding carboxylic acids is 1. The number of benzene rings is 1. The van der Waals surface area contributed by atoms with E-state index in [9.17, 15) is 14.9 Å². The Kier molecular flexibility index (Phi) is 5.69. The van der Waals surface area contributed by atoms with Crippen molar-refractivity contribution in [3.63, 3.8) is 0 Å². The van der Waals surface area contributed by atoms with Crippen molar-refractivity contribution in [3.05, 3.63) is 39.9 Å². The van der Waals surface area contributed by atoms with Crippen molar-refractivity contribution in [1.29, 1.82) is 0 Å². The Hall–Kier alpha value is -1.73. The largest absolute Gasteiger partial charge is 0.494 e. The Labute approximate surface area is 149 Å². The third kappa shape index (κ3) is 4.28. The molecule has 1 saturated heterocycles. The third-order valence-electron chi connectivity index (χ3n) is 5.08. The minimum Gasteiger partial charge on any atom is -0.399 e. The maximum atomic E-state index is 12.2. The van der Waals surface area contributed by atoms with Gasteiger partial charge in [0.2, 0.25) is 6.54 Å². The van der Waals surface area contributed by atoms with Crippen LogP contribution in [0.15, 0.2) is 24.3 Å². The van der Waals surface area contributed by atoms with Crippen LogP contribution in [0.25, 0.3) is 0 Å². The lowest BCUT2D eigenvalue weighted by Crippen LogP contribution is -2.41. The summed E-state index contributed by atoms with van der Waals surface area (Å²) < 4.78 is 12.0. The SMILES string of the molecule is CCCC(=O)[C@@H](C[N+](=O)[O-])c1ccc(B2OC(C)(C)C(C)(C)O2)cc1. The highest BCUT2D eigenvalue weighted by Gasteiger charge is 2.51. The lowest BCUT2D eigenvalue weighted by Gasteiger charge is -2.32. The van der Waals surface area contributed by atoms with Crippen LogP contribution in [0.5, 0.6) is 0 Å². The first-order valence-electron chi connectivity index (χ1n) is 8.67. The van der Waals surface area contributed by atoms with Gasteiger partial charge in [-0.3, -0.25) is 14.9 Å². The van der Waals surface area contributed by atoms with Crippen LogP contribution < -0.4 is 5.46 Å². The quantitative estimate of drug-likeness (QED) is 0.430. The molecule has 0 N–H and O–H groups in total. The predicted molar refractivity (Wildman–Crippen MR) is 96.7 cm³/mol. The molecule has 0 aliphatic carbocycles. The summed E-state index contributed by atoms with van der Waals surface area (Å²) in [5.74, 6) is -0.801. The molecule has 6 nitrogen and oxygen atoms in total. The van der Waals surface area contributed by atoms with Gasteiger partial charge in [-0.25, -0.2) is 0 Å². The fourth-order valence-corrected chi connectivity index (χ4v) is 2.83. The Bertz CT molecular complexity index is 625. The number of ketones is 1. The minimum absolute atomic E-state index is 0.0948. The van der Waals surface area contributed by atoms with Gasteiger partial charge in [0.1, 0.15) is 11.7 Å². The van der Waals surface area contributed by atoms with Crippen molar-refractivity contribution in [2.24, 2.45) is 0 Å². The number of Topliss-reactive ketones (excluding diaryl/α,β-unsaturated/α-hetero) is 1. The highest BCUT2D eigenvalue weighted by molar-refractivity contribution is 6.62. The van der Waals surface area contributed by atoms with E-state index in [4.69, 9.17) is 9.31 Å². The smallest absolute Gasteiger partial charge is 0.399 e. The second-order valence-electron chi connectivity index (χ2n) is 7.54. The average molecular weight is 347 g/mol. The molecule has 1 fully saturated rings. The van der Waals surface area contributed by atoms with Gasteiger partial charge in [-0.2, -0.15) is 0 Å². The lowest BCUT2D eigenvalue weighted by atomic mass is 9.78. The summed E-state index contributed by atoms with van der Waals surface area (Å²) in [6.07, 6.45) is 1.02. The zero-order valence-corrected chi connectivity index (χ0v) is 15.6. The molecule has 1 aliphatic rings. The summed E-state index contributed by atoms with van der Waals surface area (Å²) in [7, 11) is -0.487. The molecular formula is C18H26BNO5. The summed E-state index contributed by atoms with van der Waals surface area (Å²) in [6, 6.07) is 7.18. The minimum atomic E-state index is -0.706. The zero-order valence-electron chi connectivity index (χ0n) is 15.6. The van der Waals surface area contributed by atoms with Gasteiger partial charge in [0.15, 0.2) is 0 Å². The fourth-order valence-electron chi connectivity index (χ4n) is 2.83. The van der Waals surface area contributed by atoms with E-state index >= 15 is 0 Å². The molecule has 1 atom stereocenters. The molecule has 1 aromatic rings. The Balaban J connectivity index is 2.20. The van der Waals surface area contributed by atoms with Crippen molar-refractivity contribution in [3.8, 4) is 0 Å². The molecule has 25 heavy (non-hydrogen) atoms. The van der Waals surface area contributed by atoms with Crippen molar-refractivity contribution < 1.29 is 19.0 Å². The van der Waals surface area contributed by atoms with Gasteiger partial charge in [0, 0.05) is 11.3 Å². The molecule has 0 amide bonds. The number of nitro groups is 1. The van der Waals surface area contributed by atoms with Gasteiger partial charge >= 0.3 is 7.12 Å². The van der Waals surface area contributed by atoms with Crippen LogP contribution in [-0.4, -0.2) is 35.6 Å². The van der Waals surface area contributed by atoms with Crippen LogP contribution >= 0.6 is 0 Å². The van der Waals surface area contributed by atoms with Gasteiger partial charge in [0.25, 0.3) is 0 Å². The molecule has 0 bridgehead atoms. The topological polar surface area (TPSA) is 78.7 Å². The summed E-state index contributed by atoms with van der Waals surface area (Å²) in [5, 5.41) is 10.9. The van der Waals surface area contributed by atoms with Gasteiger partial charge < -0.3 is 9.31 Å². The highest BCUT2D eigenvalue weighted by Crippen LogP contribution is 2.36. The van der Waals surface area contributed by atoms with E-state index in [0.29, 0.717) is 18.4 Å². The number of hydrogen-bond acceptors (Lipinski definition) is 5. The Morgan fingerprint density at radius 1 is 1.16 bits per heavy atom. The molecule has 1 aromatic carbocycles. The van der Waals surface area contributed by atoms with E-state index < -0.39 is 29.2 Å². The molecule has 1 heterocycles. The van der Waals surface area contributed by atoms with Crippen molar-refractivity contribution in [2.75, 3.05) is 6.54 Å². The van der Waals surface area contributed by atoms with Crippen LogP contribution in [0.1, 0.15) is 58.9 Å². The summed E-state index contributed by atoms with van der Waals surface area (Å²) in [6.45, 7) is 9.45. The normalized spacial score (nSPS) is 19.6. The first-order valence-corrected chi connectivity index (χ1v) is 8.67. The predicted octanol–water partition coefficient (Wildman–Crippen LogP) is 2.72. The Morgan fingerprint density at radius 3 is 2.12 bits per heavy atom. The molecule has 0 radical (unpaired) electrons. The number of carbonyl (C=O) groups is 1. The average Bonchev–Trinajstić information content (AvgIpc) is 2.73. The van der Waals surface area contributed by atoms with Gasteiger partial charge in [0.05, 0.1) is 11.2 Å². The van der Waals surface area contributed by atoms with Crippen LogP contribution in [0.4, 0.5) is 0 Å². The van der Waals surface area contributed by atoms with Crippen LogP contribution in [-0.2, 0) is 14.1 Å². The summed E-state index contributed by atoms with van der Waals surface area (Å²) >= 11 is 0. The van der Waals surface area contributed by atoms with Crippen molar-refractivity contribution in [2.45, 2.75) is 64.6 Å². The first-order chi connectivity index (χ1) is 11.6. The molecular weight excluding hydrogens is 321 g/mol. The third-order valence-corrected chi connectivity index (χ3v) is 5.08. The van der Waals surface area contributed by atoms with Crippen molar-refractivity contribution in [1.82, 2.24) is 0 Å². The van der Waals surface area contributed by atoms with Crippen LogP contribution in [0, 0.1) is 10.1 Å². The van der Waals surface area contributed by atoms with Gasteiger partial charge in [-0.05, 0) is 45.1 Å². The second kappa shape index (κ2) is 7.26. The maximum Gasteiger partial charge on any atom is 0.494 e. The standard InChI is InChI=1S/C18H26BNO5/c1-6-7-16(21)15(12-20(22)23)13-8-10-14(11-9-13)19-24-17(2,3)18(4,5)25-19/h8-11,15H,6-7,12H2,1-5H3/t15-/m0/s1. The van der Waals surface area contributed by atoms with Crippen LogP contribution in [0.3, 0.4) is 0 Å².